The van der Waals surface area contributed by atoms with Gasteiger partial charge in [-0.15, -0.1) is 0 Å². The summed E-state index contributed by atoms with van der Waals surface area (Å²) >= 11 is 0. The number of amides is 2. The summed E-state index contributed by atoms with van der Waals surface area (Å²) < 4.78 is 0. The molecule has 0 saturated heterocycles. The van der Waals surface area contributed by atoms with Crippen LogP contribution in [0.25, 0.3) is 0 Å². The van der Waals surface area contributed by atoms with E-state index in [1.54, 1.807) is 79.7 Å². The molecule has 2 amide bonds. The summed E-state index contributed by atoms with van der Waals surface area (Å²) in [5.41, 5.74) is 2.38. The van der Waals surface area contributed by atoms with E-state index < -0.39 is 6.04 Å². The lowest BCUT2D eigenvalue weighted by atomic mass is 10.0. The summed E-state index contributed by atoms with van der Waals surface area (Å²) in [6, 6.07) is 18.8. The summed E-state index contributed by atoms with van der Waals surface area (Å²) in [5.74, 6) is -0.308. The third kappa shape index (κ3) is 5.86. The number of ketones is 1. The summed E-state index contributed by atoms with van der Waals surface area (Å²) in [4.78, 5) is 43.8. The van der Waals surface area contributed by atoms with Crippen molar-refractivity contribution in [2.24, 2.45) is 0 Å². The lowest BCUT2D eigenvalue weighted by molar-refractivity contribution is -0.122. The van der Waals surface area contributed by atoms with E-state index in [4.69, 9.17) is 0 Å². The number of carbonyl (C=O) groups is 3. The number of pyridine rings is 1. The van der Waals surface area contributed by atoms with E-state index in [1.807, 2.05) is 19.1 Å². The van der Waals surface area contributed by atoms with Gasteiger partial charge in [0.25, 0.3) is 0 Å². The van der Waals surface area contributed by atoms with Crippen LogP contribution < -0.4 is 10.6 Å². The quantitative estimate of drug-likeness (QED) is 0.534. The lowest BCUT2D eigenvalue weighted by Crippen LogP contribution is -2.43. The van der Waals surface area contributed by atoms with Gasteiger partial charge in [-0.1, -0.05) is 48.5 Å². The van der Waals surface area contributed by atoms with E-state index in [0.29, 0.717) is 22.6 Å². The highest BCUT2D eigenvalue weighted by atomic mass is 16.2. The molecule has 1 heterocycles. The van der Waals surface area contributed by atoms with Crippen LogP contribution in [0.15, 0.2) is 72.9 Å². The number of nitrogens with one attached hydrogen (secondary N) is 2. The zero-order chi connectivity index (χ0) is 23.1. The molecular weight excluding hydrogens is 404 g/mol. The van der Waals surface area contributed by atoms with Gasteiger partial charge in [-0.3, -0.25) is 19.3 Å². The number of anilines is 2. The molecule has 0 aliphatic heterocycles. The molecule has 0 spiro atoms. The van der Waals surface area contributed by atoms with Crippen molar-refractivity contribution in [3.05, 3.63) is 89.6 Å². The molecule has 3 rings (SSSR count). The molecule has 0 saturated carbocycles. The van der Waals surface area contributed by atoms with Gasteiger partial charge in [0.2, 0.25) is 11.8 Å². The van der Waals surface area contributed by atoms with Crippen LogP contribution in [-0.4, -0.2) is 47.1 Å². The van der Waals surface area contributed by atoms with Crippen molar-refractivity contribution in [2.75, 3.05) is 24.2 Å². The minimum absolute atomic E-state index is 0.00867. The van der Waals surface area contributed by atoms with Gasteiger partial charge in [0.1, 0.15) is 5.82 Å². The Hall–Kier alpha value is -3.84. The second kappa shape index (κ2) is 10.5. The Bertz CT molecular complexity index is 1100. The van der Waals surface area contributed by atoms with Crippen LogP contribution in [0.4, 0.5) is 11.5 Å². The fourth-order valence-corrected chi connectivity index (χ4v) is 3.06. The van der Waals surface area contributed by atoms with Crippen LogP contribution >= 0.6 is 0 Å². The van der Waals surface area contributed by atoms with E-state index in [2.05, 4.69) is 15.6 Å². The van der Waals surface area contributed by atoms with Crippen molar-refractivity contribution in [3.63, 3.8) is 0 Å². The molecule has 1 unspecified atom stereocenters. The Balaban J connectivity index is 1.63. The Morgan fingerprint density at radius 3 is 2.31 bits per heavy atom. The van der Waals surface area contributed by atoms with Gasteiger partial charge in [-0.05, 0) is 44.7 Å². The Morgan fingerprint density at radius 2 is 1.62 bits per heavy atom. The number of likely N-dealkylation sites (N-methyl/N-ethyl adjacent to an activating group) is 1. The molecule has 1 aromatic heterocycles. The van der Waals surface area contributed by atoms with Crippen LogP contribution in [-0.2, 0) is 9.59 Å². The van der Waals surface area contributed by atoms with E-state index >= 15 is 0 Å². The first kappa shape index (κ1) is 22.8. The molecule has 0 bridgehead atoms. The third-order valence-corrected chi connectivity index (χ3v) is 5.08. The van der Waals surface area contributed by atoms with Gasteiger partial charge in [-0.2, -0.15) is 0 Å². The van der Waals surface area contributed by atoms with E-state index in [-0.39, 0.29) is 24.1 Å². The largest absolute Gasteiger partial charge is 0.324 e. The number of aromatic nitrogens is 1. The van der Waals surface area contributed by atoms with E-state index in [1.165, 1.54) is 0 Å². The molecule has 2 N–H and O–H groups in total. The molecule has 0 aliphatic rings. The molecule has 0 aliphatic carbocycles. The van der Waals surface area contributed by atoms with Crippen molar-refractivity contribution < 1.29 is 14.4 Å². The number of para-hydroxylation sites is 1. The number of aryl methyl sites for hydroxylation is 1. The number of nitrogens with zero attached hydrogens (tertiary/aromatic N) is 2. The molecule has 32 heavy (non-hydrogen) atoms. The Kier molecular flexibility index (Phi) is 7.46. The number of hydrogen-bond acceptors (Lipinski definition) is 5. The normalized spacial score (nSPS) is 11.6. The third-order valence-electron chi connectivity index (χ3n) is 5.08. The van der Waals surface area contributed by atoms with E-state index in [0.717, 1.165) is 5.56 Å². The zero-order valence-corrected chi connectivity index (χ0v) is 18.3. The minimum atomic E-state index is -0.605. The first-order valence-electron chi connectivity index (χ1n) is 10.3. The Morgan fingerprint density at radius 1 is 0.938 bits per heavy atom. The second-order valence-corrected chi connectivity index (χ2v) is 7.59. The van der Waals surface area contributed by atoms with Crippen molar-refractivity contribution >= 4 is 29.1 Å². The first-order chi connectivity index (χ1) is 15.3. The van der Waals surface area contributed by atoms with Crippen LogP contribution in [0, 0.1) is 6.92 Å². The average Bonchev–Trinajstić information content (AvgIpc) is 2.80. The first-order valence-corrected chi connectivity index (χ1v) is 10.3. The summed E-state index contributed by atoms with van der Waals surface area (Å²) in [7, 11) is 1.69. The monoisotopic (exact) mass is 430 g/mol. The maximum Gasteiger partial charge on any atom is 0.241 e. The van der Waals surface area contributed by atoms with Crippen molar-refractivity contribution in [3.8, 4) is 0 Å². The predicted molar refractivity (Wildman–Crippen MR) is 125 cm³/mol. The molecular formula is C25H26N4O3. The SMILES string of the molecule is Cc1ccc(NC(=O)CN(C)C(C)C(=O)Nc2ccccc2C(=O)c2ccccc2)nc1. The topological polar surface area (TPSA) is 91.4 Å². The van der Waals surface area contributed by atoms with Crippen LogP contribution in [0.5, 0.6) is 0 Å². The van der Waals surface area contributed by atoms with Gasteiger partial charge < -0.3 is 10.6 Å². The van der Waals surface area contributed by atoms with Gasteiger partial charge >= 0.3 is 0 Å². The van der Waals surface area contributed by atoms with Crippen LogP contribution in [0.3, 0.4) is 0 Å². The molecule has 3 aromatic rings. The average molecular weight is 431 g/mol. The van der Waals surface area contributed by atoms with Gasteiger partial charge in [0.05, 0.1) is 18.3 Å². The molecule has 7 heteroatoms. The highest BCUT2D eigenvalue weighted by Gasteiger charge is 2.22. The van der Waals surface area contributed by atoms with Gasteiger partial charge in [0.15, 0.2) is 5.78 Å². The predicted octanol–water partition coefficient (Wildman–Crippen LogP) is 3.52. The number of rotatable bonds is 8. The Labute approximate surface area is 187 Å². The van der Waals surface area contributed by atoms with Crippen LogP contribution in [0.1, 0.15) is 28.4 Å². The number of carbonyl (C=O) groups excluding carboxylic acids is 3. The molecule has 0 fully saturated rings. The fourth-order valence-electron chi connectivity index (χ4n) is 3.06. The number of benzene rings is 2. The molecule has 164 valence electrons. The molecule has 2 aromatic carbocycles. The highest BCUT2D eigenvalue weighted by molar-refractivity contribution is 6.14. The summed E-state index contributed by atoms with van der Waals surface area (Å²) in [6.07, 6.45) is 1.67. The smallest absolute Gasteiger partial charge is 0.241 e. The lowest BCUT2D eigenvalue weighted by Gasteiger charge is -2.23. The van der Waals surface area contributed by atoms with Crippen LogP contribution in [0.2, 0.25) is 0 Å². The van der Waals surface area contributed by atoms with Gasteiger partial charge in [-0.25, -0.2) is 4.98 Å². The maximum atomic E-state index is 12.9. The van der Waals surface area contributed by atoms with Gasteiger partial charge in [0, 0.05) is 17.3 Å². The van der Waals surface area contributed by atoms with E-state index in [9.17, 15) is 14.4 Å². The summed E-state index contributed by atoms with van der Waals surface area (Å²) in [5, 5.41) is 5.54. The molecule has 0 radical (unpaired) electrons. The van der Waals surface area contributed by atoms with Crippen molar-refractivity contribution in [1.82, 2.24) is 9.88 Å². The minimum Gasteiger partial charge on any atom is -0.324 e. The highest BCUT2D eigenvalue weighted by Crippen LogP contribution is 2.20. The fraction of sp³-hybridized carbons (Fsp3) is 0.200. The summed E-state index contributed by atoms with van der Waals surface area (Å²) in [6.45, 7) is 3.63. The zero-order valence-electron chi connectivity index (χ0n) is 18.3. The maximum absolute atomic E-state index is 12.9. The van der Waals surface area contributed by atoms with Crippen molar-refractivity contribution in [2.45, 2.75) is 19.9 Å². The number of hydrogen-bond donors (Lipinski definition) is 2. The molecule has 1 atom stereocenters. The van der Waals surface area contributed by atoms with Crippen molar-refractivity contribution in [1.29, 1.82) is 0 Å². The second-order valence-electron chi connectivity index (χ2n) is 7.59. The standard InChI is InChI=1S/C25H26N4O3/c1-17-13-14-22(26-15-17)28-23(30)16-29(3)18(2)25(32)27-21-12-8-7-11-20(21)24(31)19-9-5-4-6-10-19/h4-15,18H,16H2,1-3H3,(H,27,32)(H,26,28,30). The molecule has 7 nitrogen and oxygen atoms in total.